The summed E-state index contributed by atoms with van der Waals surface area (Å²) in [6.07, 6.45) is 9.42. The van der Waals surface area contributed by atoms with E-state index in [2.05, 4.69) is 19.1 Å². The van der Waals surface area contributed by atoms with Crippen molar-refractivity contribution >= 4 is 0 Å². The average Bonchev–Trinajstić information content (AvgIpc) is 2.40. The summed E-state index contributed by atoms with van der Waals surface area (Å²) in [4.78, 5) is 0. The summed E-state index contributed by atoms with van der Waals surface area (Å²) in [5.41, 5.74) is 12.7. The zero-order valence-electron chi connectivity index (χ0n) is 13.2. The summed E-state index contributed by atoms with van der Waals surface area (Å²) in [6, 6.07) is 11.0. The molecule has 2 nitrogen and oxygen atoms in total. The topological polar surface area (TPSA) is 52.0 Å². The minimum Gasteiger partial charge on any atom is -0.328 e. The van der Waals surface area contributed by atoms with Crippen LogP contribution in [0.2, 0.25) is 0 Å². The second-order valence-corrected chi connectivity index (χ2v) is 6.38. The van der Waals surface area contributed by atoms with Crippen LogP contribution >= 0.6 is 0 Å². The summed E-state index contributed by atoms with van der Waals surface area (Å²) in [7, 11) is 0. The van der Waals surface area contributed by atoms with Gasteiger partial charge in [0.2, 0.25) is 0 Å². The van der Waals surface area contributed by atoms with Crippen LogP contribution in [0, 0.1) is 5.92 Å². The minimum absolute atomic E-state index is 0.266. The molecule has 2 rings (SSSR count). The van der Waals surface area contributed by atoms with Crippen molar-refractivity contribution in [2.24, 2.45) is 17.4 Å². The molecule has 1 aliphatic carbocycles. The Bertz CT molecular complexity index is 327. The van der Waals surface area contributed by atoms with E-state index in [4.69, 9.17) is 11.5 Å². The van der Waals surface area contributed by atoms with Crippen LogP contribution < -0.4 is 11.5 Å². The van der Waals surface area contributed by atoms with Crippen LogP contribution in [0.15, 0.2) is 30.3 Å². The predicted octanol–water partition coefficient (Wildman–Crippen LogP) is 3.88. The van der Waals surface area contributed by atoms with Gasteiger partial charge in [-0.3, -0.25) is 0 Å². The number of hydrogen-bond donors (Lipinski definition) is 2. The zero-order chi connectivity index (χ0) is 14.8. The van der Waals surface area contributed by atoms with E-state index in [-0.39, 0.29) is 6.04 Å². The van der Waals surface area contributed by atoms with Crippen LogP contribution in [-0.2, 0) is 6.42 Å². The molecule has 0 amide bonds. The predicted molar refractivity (Wildman–Crippen MR) is 88.6 cm³/mol. The number of benzene rings is 1. The monoisotopic (exact) mass is 276 g/mol. The molecule has 1 aliphatic rings. The van der Waals surface area contributed by atoms with Gasteiger partial charge >= 0.3 is 0 Å². The maximum absolute atomic E-state index is 5.72. The van der Waals surface area contributed by atoms with Crippen molar-refractivity contribution in [3.05, 3.63) is 35.9 Å². The van der Waals surface area contributed by atoms with Gasteiger partial charge in [-0.25, -0.2) is 0 Å². The second-order valence-electron chi connectivity index (χ2n) is 6.38. The molecule has 0 aromatic heterocycles. The summed E-state index contributed by atoms with van der Waals surface area (Å²) in [5.74, 6) is 0.953. The van der Waals surface area contributed by atoms with Crippen molar-refractivity contribution < 1.29 is 0 Å². The van der Waals surface area contributed by atoms with E-state index in [1.807, 2.05) is 25.1 Å². The molecule has 0 spiro atoms. The smallest absolute Gasteiger partial charge is 0.00509 e. The minimum atomic E-state index is 0.266. The first-order chi connectivity index (χ1) is 9.58. The molecule has 1 saturated carbocycles. The maximum Gasteiger partial charge on any atom is 0.00509 e. The molecule has 1 aromatic carbocycles. The Morgan fingerprint density at radius 3 is 2.05 bits per heavy atom. The second kappa shape index (κ2) is 9.95. The zero-order valence-corrected chi connectivity index (χ0v) is 13.2. The fraction of sp³-hybridized carbons (Fsp3) is 0.667. The Morgan fingerprint density at radius 1 is 0.950 bits per heavy atom. The van der Waals surface area contributed by atoms with Crippen LogP contribution in [0.1, 0.15) is 57.9 Å². The largest absolute Gasteiger partial charge is 0.328 e. The van der Waals surface area contributed by atoms with Crippen LogP contribution in [0.5, 0.6) is 0 Å². The van der Waals surface area contributed by atoms with Gasteiger partial charge in [-0.15, -0.1) is 0 Å². The first-order valence-corrected chi connectivity index (χ1v) is 8.13. The van der Waals surface area contributed by atoms with Crippen LogP contribution in [0.25, 0.3) is 0 Å². The van der Waals surface area contributed by atoms with Gasteiger partial charge in [0.05, 0.1) is 0 Å². The Kier molecular flexibility index (Phi) is 8.56. The molecule has 0 bridgehead atoms. The molecule has 0 heterocycles. The quantitative estimate of drug-likeness (QED) is 0.877. The third-order valence-electron chi connectivity index (χ3n) is 3.83. The Labute approximate surface area is 124 Å². The molecule has 0 aliphatic heterocycles. The summed E-state index contributed by atoms with van der Waals surface area (Å²) < 4.78 is 0. The summed E-state index contributed by atoms with van der Waals surface area (Å²) >= 11 is 0. The molecule has 0 saturated heterocycles. The Morgan fingerprint density at radius 2 is 1.55 bits per heavy atom. The molecule has 2 unspecified atom stereocenters. The van der Waals surface area contributed by atoms with Gasteiger partial charge in [0.15, 0.2) is 0 Å². The lowest BCUT2D eigenvalue weighted by atomic mass is 9.85. The van der Waals surface area contributed by atoms with Gasteiger partial charge in [0, 0.05) is 12.1 Å². The third kappa shape index (κ3) is 8.34. The molecule has 2 heteroatoms. The van der Waals surface area contributed by atoms with E-state index in [0.29, 0.717) is 6.04 Å². The van der Waals surface area contributed by atoms with Gasteiger partial charge in [-0.2, -0.15) is 0 Å². The van der Waals surface area contributed by atoms with Crippen molar-refractivity contribution in [3.8, 4) is 0 Å². The van der Waals surface area contributed by atoms with Crippen LogP contribution in [0.4, 0.5) is 0 Å². The molecule has 1 fully saturated rings. The molecule has 1 aromatic rings. The molecule has 114 valence electrons. The highest BCUT2D eigenvalue weighted by molar-refractivity contribution is 5.15. The molecular formula is C18H32N2. The lowest BCUT2D eigenvalue weighted by Gasteiger charge is -2.22. The van der Waals surface area contributed by atoms with Gasteiger partial charge in [-0.05, 0) is 38.2 Å². The Balaban J connectivity index is 0.000000200. The average molecular weight is 276 g/mol. The fourth-order valence-electron chi connectivity index (χ4n) is 2.93. The van der Waals surface area contributed by atoms with Gasteiger partial charge in [0.1, 0.15) is 0 Å². The van der Waals surface area contributed by atoms with Gasteiger partial charge < -0.3 is 11.5 Å². The van der Waals surface area contributed by atoms with E-state index in [0.717, 1.165) is 12.3 Å². The standard InChI is InChI=1S/C9H19N.C9H13N/c2*1-8(10)7-9-5-3-2-4-6-9/h8-9H,2-7,10H2,1H3;2-6,8H,7,10H2,1H3. The lowest BCUT2D eigenvalue weighted by molar-refractivity contribution is 0.323. The number of nitrogens with two attached hydrogens (primary N) is 2. The van der Waals surface area contributed by atoms with E-state index in [9.17, 15) is 0 Å². The van der Waals surface area contributed by atoms with Gasteiger partial charge in [-0.1, -0.05) is 62.4 Å². The van der Waals surface area contributed by atoms with Crippen molar-refractivity contribution in [3.63, 3.8) is 0 Å². The molecular weight excluding hydrogens is 244 g/mol. The molecule has 20 heavy (non-hydrogen) atoms. The highest BCUT2D eigenvalue weighted by atomic mass is 14.6. The van der Waals surface area contributed by atoms with Crippen molar-refractivity contribution in [1.82, 2.24) is 0 Å². The first kappa shape index (κ1) is 17.2. The highest BCUT2D eigenvalue weighted by Gasteiger charge is 2.13. The van der Waals surface area contributed by atoms with Crippen molar-refractivity contribution in [1.29, 1.82) is 0 Å². The molecule has 0 radical (unpaired) electrons. The van der Waals surface area contributed by atoms with Crippen molar-refractivity contribution in [2.45, 2.75) is 70.9 Å². The molecule has 2 atom stereocenters. The Hall–Kier alpha value is -0.860. The fourth-order valence-corrected chi connectivity index (χ4v) is 2.93. The summed E-state index contributed by atoms with van der Waals surface area (Å²) in [5, 5.41) is 0. The molecule has 4 N–H and O–H groups in total. The van der Waals surface area contributed by atoms with E-state index in [1.54, 1.807) is 0 Å². The number of hydrogen-bond acceptors (Lipinski definition) is 2. The van der Waals surface area contributed by atoms with Crippen LogP contribution in [-0.4, -0.2) is 12.1 Å². The van der Waals surface area contributed by atoms with Gasteiger partial charge in [0.25, 0.3) is 0 Å². The maximum atomic E-state index is 5.72. The lowest BCUT2D eigenvalue weighted by Crippen LogP contribution is -2.20. The summed E-state index contributed by atoms with van der Waals surface area (Å²) in [6.45, 7) is 4.14. The van der Waals surface area contributed by atoms with Crippen LogP contribution in [0.3, 0.4) is 0 Å². The normalized spacial score (nSPS) is 18.8. The first-order valence-electron chi connectivity index (χ1n) is 8.13. The van der Waals surface area contributed by atoms with E-state index in [1.165, 1.54) is 44.1 Å². The van der Waals surface area contributed by atoms with E-state index < -0.39 is 0 Å². The van der Waals surface area contributed by atoms with Crippen molar-refractivity contribution in [2.75, 3.05) is 0 Å². The highest BCUT2D eigenvalue weighted by Crippen LogP contribution is 2.26. The third-order valence-corrected chi connectivity index (χ3v) is 3.83. The van der Waals surface area contributed by atoms with E-state index >= 15 is 0 Å². The number of rotatable bonds is 4. The SMILES string of the molecule is CC(N)CC1CCCCC1.CC(N)Cc1ccccc1.